The molecule has 4 aliphatic heterocycles. The molecule has 2 fully saturated rings. The lowest BCUT2D eigenvalue weighted by Gasteiger charge is -2.53. The van der Waals surface area contributed by atoms with Crippen LogP contribution in [0.4, 0.5) is 31.5 Å². The molecule has 0 spiro atoms. The molecule has 4 heterocycles. The molecular weight excluding hydrogens is 569 g/mol. The van der Waals surface area contributed by atoms with Crippen molar-refractivity contribution in [1.29, 1.82) is 0 Å². The van der Waals surface area contributed by atoms with Crippen LogP contribution >= 0.6 is 0 Å². The summed E-state index contributed by atoms with van der Waals surface area (Å²) < 4.78 is 35.9. The molecule has 0 saturated heterocycles. The molecule has 0 aromatic heterocycles. The Labute approximate surface area is 275 Å². The molecule has 2 aliphatic carbocycles. The van der Waals surface area contributed by atoms with Crippen molar-refractivity contribution in [3.63, 3.8) is 0 Å². The van der Waals surface area contributed by atoms with Gasteiger partial charge in [0, 0.05) is 40.1 Å². The van der Waals surface area contributed by atoms with E-state index in [1.54, 1.807) is 0 Å². The van der Waals surface area contributed by atoms with Crippen LogP contribution in [0.25, 0.3) is 0 Å². The summed E-state index contributed by atoms with van der Waals surface area (Å²) >= 11 is 0. The Morgan fingerprint density at radius 1 is 0.652 bits per heavy atom. The minimum atomic E-state index is -2.10. The Kier molecular flexibility index (Phi) is 5.37. The second-order valence-corrected chi connectivity index (χ2v) is 18.3. The predicted octanol–water partition coefficient (Wildman–Crippen LogP) is 9.03. The van der Waals surface area contributed by atoms with Crippen LogP contribution in [0, 0.1) is 6.92 Å². The Balaban J connectivity index is 1.47. The zero-order valence-corrected chi connectivity index (χ0v) is 29.3. The standard InChI is InChI=1S/C41H49BF2N2/c1-24-18-31-33-32(19-24)46-35-28(40(43)16-12-13-17-41(40,46)44)21-26(37(5,6)7)23-30(35)42(33)29-22-25(36(2,3)4)20-27-34(29)45(31)39(9)15-11-10-14-38(27,39)8/h18-23H,10-17H2,1-9H3. The van der Waals surface area contributed by atoms with E-state index in [4.69, 9.17) is 0 Å². The fourth-order valence-electron chi connectivity index (χ4n) is 10.9. The lowest BCUT2D eigenvalue weighted by atomic mass is 9.33. The van der Waals surface area contributed by atoms with Crippen LogP contribution < -0.4 is 26.2 Å². The normalized spacial score (nSPS) is 31.8. The third kappa shape index (κ3) is 3.16. The second-order valence-electron chi connectivity index (χ2n) is 18.3. The molecule has 3 aromatic carbocycles. The maximum absolute atomic E-state index is 18.1. The van der Waals surface area contributed by atoms with E-state index in [9.17, 15) is 0 Å². The van der Waals surface area contributed by atoms with Gasteiger partial charge in [0.25, 0.3) is 6.71 Å². The van der Waals surface area contributed by atoms with Gasteiger partial charge in [-0.1, -0.05) is 79.5 Å². The van der Waals surface area contributed by atoms with Gasteiger partial charge in [0.15, 0.2) is 5.67 Å². The number of anilines is 4. The SMILES string of the molecule is Cc1cc2c3c(c1)N1c4c(cc(C(C)(C)C)cc4C4(F)CCCCC14F)B3c1cc(C(C)(C)C)cc3c1N2C1(C)CCCCC31C. The van der Waals surface area contributed by atoms with Gasteiger partial charge in [0.05, 0.1) is 5.54 Å². The predicted molar refractivity (Wildman–Crippen MR) is 190 cm³/mol. The molecule has 0 radical (unpaired) electrons. The van der Waals surface area contributed by atoms with Crippen molar-refractivity contribution in [2.24, 2.45) is 0 Å². The Morgan fingerprint density at radius 2 is 1.17 bits per heavy atom. The highest BCUT2D eigenvalue weighted by Gasteiger charge is 2.69. The van der Waals surface area contributed by atoms with Crippen LogP contribution in [0.1, 0.15) is 135 Å². The maximum Gasteiger partial charge on any atom is 0.252 e. The summed E-state index contributed by atoms with van der Waals surface area (Å²) in [5, 5.41) is 0. The summed E-state index contributed by atoms with van der Waals surface area (Å²) in [6.45, 7) is 20.7. The van der Waals surface area contributed by atoms with E-state index in [0.29, 0.717) is 18.4 Å². The van der Waals surface area contributed by atoms with Crippen molar-refractivity contribution in [3.05, 3.63) is 64.2 Å². The lowest BCUT2D eigenvalue weighted by molar-refractivity contribution is -0.0615. The lowest BCUT2D eigenvalue weighted by Crippen LogP contribution is -2.66. The molecule has 46 heavy (non-hydrogen) atoms. The number of rotatable bonds is 0. The molecule has 3 aromatic rings. The van der Waals surface area contributed by atoms with Gasteiger partial charge in [-0.05, 0) is 114 Å². The zero-order valence-electron chi connectivity index (χ0n) is 29.3. The molecule has 5 heteroatoms. The van der Waals surface area contributed by atoms with Crippen molar-refractivity contribution < 1.29 is 8.78 Å². The minimum absolute atomic E-state index is 0.00248. The number of benzene rings is 3. The molecule has 0 bridgehead atoms. The molecular formula is C41H49BF2N2. The smallest absolute Gasteiger partial charge is 0.252 e. The van der Waals surface area contributed by atoms with Crippen molar-refractivity contribution in [2.45, 2.75) is 147 Å². The number of aryl methyl sites for hydroxylation is 1. The highest BCUT2D eigenvalue weighted by atomic mass is 19.2. The summed E-state index contributed by atoms with van der Waals surface area (Å²) in [6.07, 6.45) is 6.59. The van der Waals surface area contributed by atoms with Crippen molar-refractivity contribution in [3.8, 4) is 0 Å². The van der Waals surface area contributed by atoms with E-state index in [2.05, 4.69) is 97.5 Å². The molecule has 4 atom stereocenters. The van der Waals surface area contributed by atoms with Gasteiger partial charge in [0.2, 0.25) is 5.79 Å². The number of alkyl halides is 2. The summed E-state index contributed by atoms with van der Waals surface area (Å²) in [7, 11) is 0. The fraction of sp³-hybridized carbons (Fsp3) is 0.561. The molecule has 2 nitrogen and oxygen atoms in total. The van der Waals surface area contributed by atoms with E-state index in [-0.39, 0.29) is 41.3 Å². The van der Waals surface area contributed by atoms with Crippen LogP contribution in [0.5, 0.6) is 0 Å². The van der Waals surface area contributed by atoms with E-state index in [1.807, 2.05) is 11.0 Å². The van der Waals surface area contributed by atoms with Crippen LogP contribution in [0.3, 0.4) is 0 Å². The van der Waals surface area contributed by atoms with Crippen molar-refractivity contribution in [1.82, 2.24) is 0 Å². The highest BCUT2D eigenvalue weighted by molar-refractivity contribution is 7.00. The summed E-state index contributed by atoms with van der Waals surface area (Å²) in [6, 6.07) is 13.9. The number of hydrogen-bond acceptors (Lipinski definition) is 2. The largest absolute Gasteiger partial charge is 0.335 e. The summed E-state index contributed by atoms with van der Waals surface area (Å²) in [5.41, 5.74) is 11.2. The number of nitrogens with zero attached hydrogens (tertiary/aromatic N) is 2. The number of halogens is 2. The molecule has 0 amide bonds. The van der Waals surface area contributed by atoms with Crippen LogP contribution in [-0.2, 0) is 21.9 Å². The topological polar surface area (TPSA) is 6.48 Å². The van der Waals surface area contributed by atoms with E-state index < -0.39 is 11.5 Å². The first-order chi connectivity index (χ1) is 21.5. The number of hydrogen-bond donors (Lipinski definition) is 0. The minimum Gasteiger partial charge on any atom is -0.335 e. The monoisotopic (exact) mass is 618 g/mol. The number of fused-ring (bicyclic) bond motifs is 10. The summed E-state index contributed by atoms with van der Waals surface area (Å²) in [4.78, 5) is 4.58. The van der Waals surface area contributed by atoms with Crippen LogP contribution in [0.15, 0.2) is 36.4 Å². The van der Waals surface area contributed by atoms with Gasteiger partial charge < -0.3 is 9.80 Å². The average molecular weight is 619 g/mol. The summed E-state index contributed by atoms with van der Waals surface area (Å²) in [5.74, 6) is -2.10. The first-order valence-corrected chi connectivity index (χ1v) is 18.0. The van der Waals surface area contributed by atoms with E-state index in [1.165, 1.54) is 46.3 Å². The molecule has 0 N–H and O–H groups in total. The Morgan fingerprint density at radius 3 is 1.80 bits per heavy atom. The molecule has 9 rings (SSSR count). The third-order valence-corrected chi connectivity index (χ3v) is 13.7. The molecule has 240 valence electrons. The van der Waals surface area contributed by atoms with Crippen LogP contribution in [-0.4, -0.2) is 18.0 Å². The van der Waals surface area contributed by atoms with E-state index >= 15 is 8.78 Å². The van der Waals surface area contributed by atoms with Gasteiger partial charge in [-0.25, -0.2) is 8.78 Å². The van der Waals surface area contributed by atoms with E-state index in [0.717, 1.165) is 40.8 Å². The van der Waals surface area contributed by atoms with Gasteiger partial charge >= 0.3 is 0 Å². The molecule has 2 saturated carbocycles. The quantitative estimate of drug-likeness (QED) is 0.183. The Hall–Kier alpha value is -2.82. The average Bonchev–Trinajstić information content (AvgIpc) is 3.32. The van der Waals surface area contributed by atoms with Gasteiger partial charge in [-0.15, -0.1) is 0 Å². The zero-order chi connectivity index (χ0) is 32.6. The fourth-order valence-corrected chi connectivity index (χ4v) is 10.9. The maximum atomic E-state index is 18.1. The first-order valence-electron chi connectivity index (χ1n) is 18.0. The Bertz CT molecular complexity index is 1750. The molecule has 6 aliphatic rings. The van der Waals surface area contributed by atoms with Crippen molar-refractivity contribution >= 4 is 45.9 Å². The van der Waals surface area contributed by atoms with Gasteiger partial charge in [-0.2, -0.15) is 0 Å². The molecule has 4 unspecified atom stereocenters. The van der Waals surface area contributed by atoms with Gasteiger partial charge in [0.1, 0.15) is 0 Å². The second kappa shape index (κ2) is 8.42. The first kappa shape index (κ1) is 29.3. The third-order valence-electron chi connectivity index (χ3n) is 13.7. The van der Waals surface area contributed by atoms with Crippen LogP contribution in [0.2, 0.25) is 0 Å². The highest BCUT2D eigenvalue weighted by Crippen LogP contribution is 2.66. The van der Waals surface area contributed by atoms with Gasteiger partial charge in [-0.3, -0.25) is 0 Å². The van der Waals surface area contributed by atoms with Crippen molar-refractivity contribution in [2.75, 3.05) is 9.80 Å².